The molecule has 0 atom stereocenters. The second-order valence-electron chi connectivity index (χ2n) is 5.27. The van der Waals surface area contributed by atoms with E-state index in [0.717, 1.165) is 43.6 Å². The van der Waals surface area contributed by atoms with Crippen LogP contribution in [0.25, 0.3) is 10.9 Å². The van der Waals surface area contributed by atoms with Crippen LogP contribution in [0, 0.1) is 0 Å². The third-order valence-corrected chi connectivity index (χ3v) is 3.21. The summed E-state index contributed by atoms with van der Waals surface area (Å²) in [5.74, 6) is 0. The zero-order valence-corrected chi connectivity index (χ0v) is 12.7. The summed E-state index contributed by atoms with van der Waals surface area (Å²) in [6, 6.07) is 7.57. The van der Waals surface area contributed by atoms with E-state index in [0.29, 0.717) is 6.10 Å². The van der Waals surface area contributed by atoms with Crippen LogP contribution in [-0.4, -0.2) is 35.6 Å². The van der Waals surface area contributed by atoms with Gasteiger partial charge in [0.2, 0.25) is 5.43 Å². The molecule has 114 valence electrons. The van der Waals surface area contributed by atoms with Gasteiger partial charge in [-0.1, -0.05) is 12.1 Å². The summed E-state index contributed by atoms with van der Waals surface area (Å²) in [7, 11) is 0. The summed E-state index contributed by atoms with van der Waals surface area (Å²) in [5, 5.41) is 8.29. The fourth-order valence-corrected chi connectivity index (χ4v) is 2.17. The van der Waals surface area contributed by atoms with E-state index in [9.17, 15) is 4.79 Å². The number of rotatable bonds is 8. The molecule has 1 aromatic heterocycles. The van der Waals surface area contributed by atoms with Crippen LogP contribution in [0.5, 0.6) is 0 Å². The molecule has 5 heteroatoms. The molecule has 0 aliphatic heterocycles. The fraction of sp³-hybridized carbons (Fsp3) is 0.500. The summed E-state index contributed by atoms with van der Waals surface area (Å²) >= 11 is 0. The fourth-order valence-electron chi connectivity index (χ4n) is 2.17. The molecule has 1 N–H and O–H groups in total. The van der Waals surface area contributed by atoms with Crippen molar-refractivity contribution in [3.05, 3.63) is 40.7 Å². The second-order valence-corrected chi connectivity index (χ2v) is 5.27. The van der Waals surface area contributed by atoms with Crippen molar-refractivity contribution in [2.24, 2.45) is 0 Å². The lowest BCUT2D eigenvalue weighted by atomic mass is 10.2. The number of fused-ring (bicyclic) bond motifs is 1. The van der Waals surface area contributed by atoms with Crippen LogP contribution in [0.3, 0.4) is 0 Å². The lowest BCUT2D eigenvalue weighted by Crippen LogP contribution is -2.24. The zero-order chi connectivity index (χ0) is 15.1. The monoisotopic (exact) mass is 289 g/mol. The van der Waals surface area contributed by atoms with E-state index >= 15 is 0 Å². The third-order valence-electron chi connectivity index (χ3n) is 3.21. The highest BCUT2D eigenvalue weighted by Gasteiger charge is 2.02. The Kier molecular flexibility index (Phi) is 5.90. The van der Waals surface area contributed by atoms with Crippen LogP contribution < -0.4 is 10.7 Å². The lowest BCUT2D eigenvalue weighted by molar-refractivity contribution is 0.0771. The summed E-state index contributed by atoms with van der Waals surface area (Å²) < 4.78 is 7.35. The van der Waals surface area contributed by atoms with Gasteiger partial charge in [0.15, 0.2) is 0 Å². The highest BCUT2D eigenvalue weighted by atomic mass is 16.5. The Balaban J connectivity index is 1.82. The molecule has 1 heterocycles. The molecule has 0 saturated carbocycles. The van der Waals surface area contributed by atoms with Crippen LogP contribution in [0.2, 0.25) is 0 Å². The molecule has 2 rings (SSSR count). The molecule has 5 nitrogen and oxygen atoms in total. The molecule has 0 spiro atoms. The van der Waals surface area contributed by atoms with Gasteiger partial charge in [-0.25, -0.2) is 0 Å². The molecule has 0 aliphatic rings. The topological polar surface area (TPSA) is 56.1 Å². The van der Waals surface area contributed by atoms with Crippen molar-refractivity contribution in [3.63, 3.8) is 0 Å². The smallest absolute Gasteiger partial charge is 0.207 e. The van der Waals surface area contributed by atoms with Crippen molar-refractivity contribution < 1.29 is 4.74 Å². The van der Waals surface area contributed by atoms with E-state index in [1.54, 1.807) is 0 Å². The normalized spacial score (nSPS) is 11.4. The molecule has 0 amide bonds. The first-order valence-electron chi connectivity index (χ1n) is 7.45. The number of benzene rings is 1. The largest absolute Gasteiger partial charge is 0.379 e. The summed E-state index contributed by atoms with van der Waals surface area (Å²) in [6.07, 6.45) is 2.68. The number of nitrogens with zero attached hydrogens (tertiary/aromatic N) is 2. The number of hydrogen-bond acceptors (Lipinski definition) is 4. The van der Waals surface area contributed by atoms with Crippen LogP contribution in [-0.2, 0) is 11.3 Å². The Morgan fingerprint density at radius 1 is 1.29 bits per heavy atom. The minimum atomic E-state index is -0.0272. The van der Waals surface area contributed by atoms with Crippen LogP contribution in [0.4, 0.5) is 0 Å². The number of ether oxygens (including phenoxy) is 1. The van der Waals surface area contributed by atoms with Gasteiger partial charge in [-0.05, 0) is 38.9 Å². The van der Waals surface area contributed by atoms with Gasteiger partial charge in [-0.15, -0.1) is 0 Å². The number of para-hydroxylation sites is 1. The molecule has 21 heavy (non-hydrogen) atoms. The van der Waals surface area contributed by atoms with Crippen molar-refractivity contribution >= 4 is 10.9 Å². The minimum Gasteiger partial charge on any atom is -0.379 e. The number of nitrogens with one attached hydrogen (secondary N) is 1. The average Bonchev–Trinajstić information content (AvgIpc) is 2.48. The molecule has 0 bridgehead atoms. The SMILES string of the molecule is CC(C)OCCCNCCn1ncc(=O)c2ccccc21. The summed E-state index contributed by atoms with van der Waals surface area (Å²) in [4.78, 5) is 11.7. The Morgan fingerprint density at radius 2 is 2.10 bits per heavy atom. The van der Waals surface area contributed by atoms with Gasteiger partial charge in [-0.3, -0.25) is 9.48 Å². The van der Waals surface area contributed by atoms with E-state index < -0.39 is 0 Å². The molecule has 0 saturated heterocycles. The van der Waals surface area contributed by atoms with Gasteiger partial charge in [0, 0.05) is 18.5 Å². The predicted octanol–water partition coefficient (Wildman–Crippen LogP) is 1.80. The first-order valence-corrected chi connectivity index (χ1v) is 7.45. The first kappa shape index (κ1) is 15.7. The maximum absolute atomic E-state index is 11.7. The molecule has 1 aromatic carbocycles. The van der Waals surface area contributed by atoms with E-state index in [2.05, 4.69) is 10.4 Å². The Hall–Kier alpha value is -1.72. The second kappa shape index (κ2) is 7.90. The number of hydrogen-bond donors (Lipinski definition) is 1. The standard InChI is InChI=1S/C16H23N3O2/c1-13(2)21-11-5-8-17-9-10-19-15-7-4-3-6-14(15)16(20)12-18-19/h3-4,6-7,12-13,17H,5,8-11H2,1-2H3. The van der Waals surface area contributed by atoms with Crippen LogP contribution in [0.1, 0.15) is 20.3 Å². The highest BCUT2D eigenvalue weighted by Crippen LogP contribution is 2.07. The van der Waals surface area contributed by atoms with Crippen LogP contribution >= 0.6 is 0 Å². The molecule has 0 unspecified atom stereocenters. The predicted molar refractivity (Wildman–Crippen MR) is 84.6 cm³/mol. The van der Waals surface area contributed by atoms with Crippen molar-refractivity contribution in [1.82, 2.24) is 15.1 Å². The molecule has 0 aliphatic carbocycles. The Labute approximate surface area is 124 Å². The van der Waals surface area contributed by atoms with E-state index in [1.165, 1.54) is 6.20 Å². The van der Waals surface area contributed by atoms with Gasteiger partial charge in [-0.2, -0.15) is 5.10 Å². The van der Waals surface area contributed by atoms with Gasteiger partial charge in [0.25, 0.3) is 0 Å². The van der Waals surface area contributed by atoms with Crippen molar-refractivity contribution in [1.29, 1.82) is 0 Å². The van der Waals surface area contributed by atoms with Crippen molar-refractivity contribution in [3.8, 4) is 0 Å². The van der Waals surface area contributed by atoms with E-state index in [-0.39, 0.29) is 5.43 Å². The Morgan fingerprint density at radius 3 is 2.90 bits per heavy atom. The maximum Gasteiger partial charge on any atom is 0.207 e. The third kappa shape index (κ3) is 4.65. The van der Waals surface area contributed by atoms with Gasteiger partial charge in [0.1, 0.15) is 0 Å². The summed E-state index contributed by atoms with van der Waals surface area (Å²) in [6.45, 7) is 7.35. The van der Waals surface area contributed by atoms with Crippen LogP contribution in [0.15, 0.2) is 35.3 Å². The first-order chi connectivity index (χ1) is 10.2. The minimum absolute atomic E-state index is 0.0272. The lowest BCUT2D eigenvalue weighted by Gasteiger charge is -2.10. The number of aromatic nitrogens is 2. The molecule has 0 radical (unpaired) electrons. The van der Waals surface area contributed by atoms with Gasteiger partial charge in [0.05, 0.1) is 24.4 Å². The quantitative estimate of drug-likeness (QED) is 0.753. The van der Waals surface area contributed by atoms with Gasteiger partial charge >= 0.3 is 0 Å². The van der Waals surface area contributed by atoms with E-state index in [1.807, 2.05) is 42.8 Å². The van der Waals surface area contributed by atoms with E-state index in [4.69, 9.17) is 4.74 Å². The zero-order valence-electron chi connectivity index (χ0n) is 12.7. The maximum atomic E-state index is 11.7. The highest BCUT2D eigenvalue weighted by molar-refractivity contribution is 5.77. The molecular formula is C16H23N3O2. The van der Waals surface area contributed by atoms with Crippen molar-refractivity contribution in [2.75, 3.05) is 19.7 Å². The average molecular weight is 289 g/mol. The molecule has 2 aromatic rings. The van der Waals surface area contributed by atoms with Crippen molar-refractivity contribution in [2.45, 2.75) is 32.9 Å². The Bertz CT molecular complexity index is 622. The summed E-state index contributed by atoms with van der Waals surface area (Å²) in [5.41, 5.74) is 0.857. The molecular weight excluding hydrogens is 266 g/mol. The van der Waals surface area contributed by atoms with Gasteiger partial charge < -0.3 is 10.1 Å². The molecule has 0 fully saturated rings.